The lowest BCUT2D eigenvalue weighted by Crippen LogP contribution is -2.62. The molecular formula is C51H76O13. The Morgan fingerprint density at radius 2 is 1.69 bits per heavy atom. The van der Waals surface area contributed by atoms with Crippen LogP contribution in [0.5, 0.6) is 0 Å². The van der Waals surface area contributed by atoms with Gasteiger partial charge in [-0.15, -0.1) is 0 Å². The van der Waals surface area contributed by atoms with E-state index in [2.05, 4.69) is 20.8 Å². The van der Waals surface area contributed by atoms with Gasteiger partial charge in [-0.2, -0.15) is 0 Å². The second-order valence-electron chi connectivity index (χ2n) is 19.9. The molecule has 3 aliphatic heterocycles. The largest absolute Gasteiger partial charge is 0.466 e. The fourth-order valence-electron chi connectivity index (χ4n) is 10.3. The zero-order valence-corrected chi connectivity index (χ0v) is 39.8. The van der Waals surface area contributed by atoms with Crippen LogP contribution in [0.1, 0.15) is 138 Å². The van der Waals surface area contributed by atoms with E-state index in [-0.39, 0.29) is 55.7 Å². The van der Waals surface area contributed by atoms with Gasteiger partial charge in [-0.3, -0.25) is 14.4 Å². The molecule has 64 heavy (non-hydrogen) atoms. The lowest BCUT2D eigenvalue weighted by atomic mass is 9.72. The minimum absolute atomic E-state index is 0.00696. The molecule has 0 bridgehead atoms. The van der Waals surface area contributed by atoms with Gasteiger partial charge < -0.3 is 43.0 Å². The van der Waals surface area contributed by atoms with E-state index in [1.807, 2.05) is 44.2 Å². The van der Waals surface area contributed by atoms with Crippen molar-refractivity contribution in [1.82, 2.24) is 0 Å². The summed E-state index contributed by atoms with van der Waals surface area (Å²) in [5, 5.41) is 12.4. The minimum Gasteiger partial charge on any atom is -0.466 e. The average molecular weight is 897 g/mol. The van der Waals surface area contributed by atoms with Crippen LogP contribution in [-0.2, 0) is 63.7 Å². The Labute approximate surface area is 381 Å². The number of rotatable bonds is 19. The van der Waals surface area contributed by atoms with Crippen LogP contribution in [0, 0.1) is 29.1 Å². The number of ether oxygens (including phenoxy) is 8. The van der Waals surface area contributed by atoms with Crippen LogP contribution < -0.4 is 0 Å². The summed E-state index contributed by atoms with van der Waals surface area (Å²) in [5.41, 5.74) is -0.157. The summed E-state index contributed by atoms with van der Waals surface area (Å²) in [6.07, 6.45) is 9.64. The standard InChI is InChI=1S/C51H76O13/c1-33(2)44-20-19-34(3)31-50(44)59-24-21-42(63-50)29-41-18-13-17-40(61-41)25-35(4)26-47(55)62-45(36(5)58-32-38-15-11-10-12-16-38)30-43-27-39(28-46(54)57-9)48(60-37(6)53)51(56,64-43)49(7,8)22-14-23-52/h10-12,14-16,22-23,28,33-36,40-45,48,56H,13,17-21,24-27,29-32H2,1-9H3/b22-14+,39-28+/t34-,35-,36-,40+,41-,42+,43+,44+,45-,48+,50+,51-/m1/s1. The number of benzene rings is 1. The highest BCUT2D eigenvalue weighted by Crippen LogP contribution is 2.48. The molecule has 0 aromatic heterocycles. The summed E-state index contributed by atoms with van der Waals surface area (Å²) >= 11 is 0. The molecule has 1 saturated carbocycles. The maximum atomic E-state index is 13.9. The Morgan fingerprint density at radius 1 is 0.953 bits per heavy atom. The van der Waals surface area contributed by atoms with Gasteiger partial charge in [0, 0.05) is 43.6 Å². The van der Waals surface area contributed by atoms with Crippen LogP contribution in [0.15, 0.2) is 54.1 Å². The van der Waals surface area contributed by atoms with Crippen molar-refractivity contribution in [3.8, 4) is 0 Å². The molecule has 12 atom stereocenters. The summed E-state index contributed by atoms with van der Waals surface area (Å²) in [5.74, 6) is -3.24. The summed E-state index contributed by atoms with van der Waals surface area (Å²) in [6, 6.07) is 9.64. The third kappa shape index (κ3) is 13.8. The van der Waals surface area contributed by atoms with Crippen molar-refractivity contribution in [2.75, 3.05) is 13.7 Å². The van der Waals surface area contributed by atoms with Crippen molar-refractivity contribution >= 4 is 24.2 Å². The molecule has 4 fully saturated rings. The third-order valence-corrected chi connectivity index (χ3v) is 13.7. The monoisotopic (exact) mass is 897 g/mol. The molecule has 3 heterocycles. The summed E-state index contributed by atoms with van der Waals surface area (Å²) in [6.45, 7) is 16.1. The first kappa shape index (κ1) is 51.5. The number of methoxy groups -OCH3 is 1. The van der Waals surface area contributed by atoms with Gasteiger partial charge >= 0.3 is 17.9 Å². The van der Waals surface area contributed by atoms with Gasteiger partial charge in [-0.25, -0.2) is 4.79 Å². The average Bonchev–Trinajstić information content (AvgIpc) is 3.23. The van der Waals surface area contributed by atoms with Gasteiger partial charge in [0.2, 0.25) is 5.79 Å². The van der Waals surface area contributed by atoms with Crippen LogP contribution in [0.3, 0.4) is 0 Å². The van der Waals surface area contributed by atoms with Crippen molar-refractivity contribution in [2.45, 2.75) is 193 Å². The van der Waals surface area contributed by atoms with Crippen molar-refractivity contribution in [2.24, 2.45) is 29.1 Å². The predicted octanol–water partition coefficient (Wildman–Crippen LogP) is 8.52. The number of aliphatic hydroxyl groups is 1. The molecule has 3 saturated heterocycles. The maximum absolute atomic E-state index is 13.9. The van der Waals surface area contributed by atoms with Gasteiger partial charge in [0.05, 0.1) is 50.8 Å². The maximum Gasteiger partial charge on any atom is 0.330 e. The molecule has 0 amide bonds. The lowest BCUT2D eigenvalue weighted by Gasteiger charge is -2.51. The second kappa shape index (κ2) is 23.3. The van der Waals surface area contributed by atoms with E-state index < -0.39 is 59.3 Å². The Morgan fingerprint density at radius 3 is 2.38 bits per heavy atom. The third-order valence-electron chi connectivity index (χ3n) is 13.7. The van der Waals surface area contributed by atoms with Crippen LogP contribution in [0.4, 0.5) is 0 Å². The fourth-order valence-corrected chi connectivity index (χ4v) is 10.3. The smallest absolute Gasteiger partial charge is 0.330 e. The lowest BCUT2D eigenvalue weighted by molar-refractivity contribution is -0.342. The Kier molecular flexibility index (Phi) is 18.8. The first-order valence-corrected chi connectivity index (χ1v) is 23.7. The van der Waals surface area contributed by atoms with Gasteiger partial charge in [0.1, 0.15) is 12.4 Å². The number of esters is 3. The molecule has 358 valence electrons. The SMILES string of the molecule is COC(=O)/C=C1\C[C@@H](C[C@@H](OC(=O)C[C@H](C)C[C@@H]2CCC[C@H](C[C@@H]3CCO[C@@]4(C[C@H](C)CC[C@H]4C(C)C)O3)O2)[C@@H](C)OCc2ccccc2)O[C@@](O)(C(C)(C)/C=C/C=O)[C@H]1OC(C)=O. The molecule has 1 aliphatic carbocycles. The number of carbonyl (C=O) groups is 4. The summed E-state index contributed by atoms with van der Waals surface area (Å²) in [4.78, 5) is 50.4. The number of aldehydes is 1. The van der Waals surface area contributed by atoms with Crippen LogP contribution in [-0.4, -0.2) is 97.3 Å². The molecule has 1 spiro atoms. The number of hydrogen-bond donors (Lipinski definition) is 1. The molecule has 5 rings (SSSR count). The molecular weight excluding hydrogens is 821 g/mol. The van der Waals surface area contributed by atoms with Gasteiger partial charge in [0.25, 0.3) is 0 Å². The molecule has 0 unspecified atom stereocenters. The highest BCUT2D eigenvalue weighted by atomic mass is 16.7. The van der Waals surface area contributed by atoms with Crippen LogP contribution in [0.25, 0.3) is 0 Å². The van der Waals surface area contributed by atoms with E-state index in [4.69, 9.17) is 37.9 Å². The molecule has 0 radical (unpaired) electrons. The number of hydrogen-bond acceptors (Lipinski definition) is 13. The Balaban J connectivity index is 1.27. The molecule has 1 N–H and O–H groups in total. The van der Waals surface area contributed by atoms with Gasteiger partial charge in [-0.05, 0) is 93.3 Å². The number of allylic oxidation sites excluding steroid dienone is 1. The van der Waals surface area contributed by atoms with Crippen molar-refractivity contribution in [3.05, 3.63) is 59.7 Å². The number of carbonyl (C=O) groups excluding carboxylic acids is 4. The van der Waals surface area contributed by atoms with E-state index in [1.54, 1.807) is 13.8 Å². The van der Waals surface area contributed by atoms with Gasteiger partial charge in [-0.1, -0.05) is 84.4 Å². The molecule has 13 heteroatoms. The second-order valence-corrected chi connectivity index (χ2v) is 19.9. The van der Waals surface area contributed by atoms with Crippen molar-refractivity contribution < 1.29 is 62.2 Å². The molecule has 4 aliphatic rings. The summed E-state index contributed by atoms with van der Waals surface area (Å²) in [7, 11) is 1.22. The van der Waals surface area contributed by atoms with Crippen LogP contribution >= 0.6 is 0 Å². The first-order valence-electron chi connectivity index (χ1n) is 23.7. The topological polar surface area (TPSA) is 162 Å². The van der Waals surface area contributed by atoms with E-state index in [0.29, 0.717) is 37.1 Å². The van der Waals surface area contributed by atoms with Crippen molar-refractivity contribution in [3.63, 3.8) is 0 Å². The zero-order chi connectivity index (χ0) is 46.7. The highest BCUT2D eigenvalue weighted by molar-refractivity contribution is 5.83. The van der Waals surface area contributed by atoms with Crippen LogP contribution in [0.2, 0.25) is 0 Å². The van der Waals surface area contributed by atoms with Crippen molar-refractivity contribution in [1.29, 1.82) is 0 Å². The van der Waals surface area contributed by atoms with E-state index in [1.165, 1.54) is 38.7 Å². The Hall–Kier alpha value is -3.46. The minimum atomic E-state index is -2.26. The summed E-state index contributed by atoms with van der Waals surface area (Å²) < 4.78 is 49.7. The molecule has 1 aromatic carbocycles. The quantitative estimate of drug-likeness (QED) is 0.0609. The fraction of sp³-hybridized carbons (Fsp3) is 0.725. The predicted molar refractivity (Wildman–Crippen MR) is 239 cm³/mol. The Bertz CT molecular complexity index is 1740. The zero-order valence-electron chi connectivity index (χ0n) is 39.8. The van der Waals surface area contributed by atoms with E-state index in [9.17, 15) is 24.3 Å². The molecule has 13 nitrogen and oxygen atoms in total. The normalized spacial score (nSPS) is 32.2. The molecule has 1 aromatic rings. The van der Waals surface area contributed by atoms with E-state index >= 15 is 0 Å². The van der Waals surface area contributed by atoms with Gasteiger partial charge in [0.15, 0.2) is 11.9 Å². The first-order chi connectivity index (χ1) is 30.4. The van der Waals surface area contributed by atoms with E-state index in [0.717, 1.165) is 50.5 Å². The highest BCUT2D eigenvalue weighted by Gasteiger charge is 2.57.